The summed E-state index contributed by atoms with van der Waals surface area (Å²) in [7, 11) is 0. The first-order chi connectivity index (χ1) is 13.9. The van der Waals surface area contributed by atoms with E-state index in [2.05, 4.69) is 30.3 Å². The third kappa shape index (κ3) is 2.86. The van der Waals surface area contributed by atoms with Crippen molar-refractivity contribution in [2.45, 2.75) is 75.9 Å². The summed E-state index contributed by atoms with van der Waals surface area (Å²) in [6.45, 7) is 3.11. The molecule has 0 amide bonds. The summed E-state index contributed by atoms with van der Waals surface area (Å²) in [5.74, 6) is 4.85. The average Bonchev–Trinajstić information content (AvgIpc) is 3.35. The van der Waals surface area contributed by atoms with Gasteiger partial charge in [-0.25, -0.2) is 4.79 Å². The number of carbonyl (C=O) groups is 1. The first-order valence-electron chi connectivity index (χ1n) is 11.2. The van der Waals surface area contributed by atoms with Gasteiger partial charge in [0.05, 0.1) is 0 Å². The van der Waals surface area contributed by atoms with Crippen LogP contribution < -0.4 is 10.1 Å². The van der Waals surface area contributed by atoms with E-state index in [1.807, 2.05) is 6.07 Å². The van der Waals surface area contributed by atoms with Gasteiger partial charge in [-0.3, -0.25) is 0 Å². The zero-order valence-electron chi connectivity index (χ0n) is 17.2. The van der Waals surface area contributed by atoms with Crippen molar-refractivity contribution in [3.8, 4) is 18.1 Å². The molecule has 4 heteroatoms. The normalized spacial score (nSPS) is 40.4. The Bertz CT molecular complexity index is 867. The minimum atomic E-state index is -0.949. The molecule has 154 valence electrons. The first-order valence-corrected chi connectivity index (χ1v) is 11.2. The Labute approximate surface area is 173 Å². The summed E-state index contributed by atoms with van der Waals surface area (Å²) in [5.41, 5.74) is 1.63. The summed E-state index contributed by atoms with van der Waals surface area (Å²) in [6.07, 6.45) is 13.6. The number of carbonyl (C=O) groups excluding carboxylic acids is 1. The van der Waals surface area contributed by atoms with Crippen LogP contribution in [0, 0.1) is 29.6 Å². The number of benzene rings is 1. The monoisotopic (exact) mass is 393 g/mol. The minimum Gasteiger partial charge on any atom is -0.425 e. The number of rotatable bonds is 2. The second kappa shape index (κ2) is 6.86. The quantitative estimate of drug-likeness (QED) is 0.458. The van der Waals surface area contributed by atoms with E-state index < -0.39 is 5.60 Å². The molecule has 0 aromatic heterocycles. The Balaban J connectivity index is 1.36. The highest BCUT2D eigenvalue weighted by Crippen LogP contribution is 2.64. The fraction of sp³-hybridized carbons (Fsp3) is 0.640. The molecule has 5 rings (SSSR count). The van der Waals surface area contributed by atoms with Crippen molar-refractivity contribution in [3.63, 3.8) is 0 Å². The molecule has 1 aliphatic heterocycles. The highest BCUT2D eigenvalue weighted by atomic mass is 16.5. The number of fused-ring (bicyclic) bond motifs is 5. The summed E-state index contributed by atoms with van der Waals surface area (Å²) in [5, 5.41) is 14.3. The molecule has 6 atom stereocenters. The number of terminal acetylenes is 1. The summed E-state index contributed by atoms with van der Waals surface area (Å²) in [4.78, 5) is 12.3. The molecular weight excluding hydrogens is 362 g/mol. The third-order valence-corrected chi connectivity index (χ3v) is 8.65. The van der Waals surface area contributed by atoms with Crippen molar-refractivity contribution in [1.82, 2.24) is 5.32 Å². The number of hydrogen-bond acceptors (Lipinski definition) is 4. The van der Waals surface area contributed by atoms with E-state index in [4.69, 9.17) is 11.2 Å². The molecule has 0 bridgehead atoms. The van der Waals surface area contributed by atoms with Crippen LogP contribution in [0.25, 0.3) is 0 Å². The average molecular weight is 394 g/mol. The van der Waals surface area contributed by atoms with Crippen molar-refractivity contribution in [2.24, 2.45) is 17.3 Å². The number of aryl methyl sites for hydroxylation is 1. The SMILES string of the molecule is C#C[C@]1(O)CCC2C3CCc4cc(OC(=O)[C@@H]5CCCN5)ccc4C3CC[C@@]21C. The van der Waals surface area contributed by atoms with E-state index >= 15 is 0 Å². The number of nitrogens with one attached hydrogen (secondary N) is 1. The maximum absolute atomic E-state index is 12.3. The highest BCUT2D eigenvalue weighted by Gasteiger charge is 2.61. The Morgan fingerprint density at radius 2 is 2.14 bits per heavy atom. The Morgan fingerprint density at radius 1 is 1.28 bits per heavy atom. The van der Waals surface area contributed by atoms with E-state index in [0.717, 1.165) is 57.9 Å². The van der Waals surface area contributed by atoms with Gasteiger partial charge in [0.15, 0.2) is 0 Å². The molecule has 1 saturated heterocycles. The van der Waals surface area contributed by atoms with Crippen LogP contribution in [0.1, 0.15) is 68.9 Å². The van der Waals surface area contributed by atoms with Gasteiger partial charge in [0.2, 0.25) is 0 Å². The fourth-order valence-electron chi connectivity index (χ4n) is 6.95. The molecule has 4 nitrogen and oxygen atoms in total. The minimum absolute atomic E-state index is 0.163. The highest BCUT2D eigenvalue weighted by molar-refractivity contribution is 5.78. The Kier molecular flexibility index (Phi) is 4.53. The van der Waals surface area contributed by atoms with Crippen LogP contribution in [-0.4, -0.2) is 29.3 Å². The number of aliphatic hydroxyl groups is 1. The molecule has 2 saturated carbocycles. The predicted octanol–water partition coefficient (Wildman–Crippen LogP) is 3.56. The maximum atomic E-state index is 12.3. The maximum Gasteiger partial charge on any atom is 0.328 e. The largest absolute Gasteiger partial charge is 0.425 e. The van der Waals surface area contributed by atoms with Crippen LogP contribution in [0.3, 0.4) is 0 Å². The van der Waals surface area contributed by atoms with Gasteiger partial charge < -0.3 is 15.2 Å². The fourth-order valence-corrected chi connectivity index (χ4v) is 6.95. The van der Waals surface area contributed by atoms with Crippen molar-refractivity contribution in [2.75, 3.05) is 6.54 Å². The molecule has 1 aromatic rings. The molecule has 2 N–H and O–H groups in total. The molecule has 4 aliphatic rings. The van der Waals surface area contributed by atoms with Crippen molar-refractivity contribution in [1.29, 1.82) is 0 Å². The summed E-state index contributed by atoms with van der Waals surface area (Å²) in [6, 6.07) is 6.07. The molecule has 0 spiro atoms. The Hall–Kier alpha value is -1.83. The van der Waals surface area contributed by atoms with Crippen LogP contribution in [0.4, 0.5) is 0 Å². The van der Waals surface area contributed by atoms with Crippen LogP contribution in [0.15, 0.2) is 18.2 Å². The second-order valence-corrected chi connectivity index (χ2v) is 9.85. The van der Waals surface area contributed by atoms with Crippen LogP contribution in [0.5, 0.6) is 5.75 Å². The Morgan fingerprint density at radius 3 is 2.90 bits per heavy atom. The second-order valence-electron chi connectivity index (χ2n) is 9.85. The lowest BCUT2D eigenvalue weighted by atomic mass is 9.53. The van der Waals surface area contributed by atoms with E-state index in [-0.39, 0.29) is 17.4 Å². The number of hydrogen-bond donors (Lipinski definition) is 2. The lowest BCUT2D eigenvalue weighted by Gasteiger charge is -2.52. The van der Waals surface area contributed by atoms with E-state index in [0.29, 0.717) is 23.5 Å². The van der Waals surface area contributed by atoms with Gasteiger partial charge in [-0.1, -0.05) is 18.9 Å². The van der Waals surface area contributed by atoms with Crippen LogP contribution in [-0.2, 0) is 11.2 Å². The van der Waals surface area contributed by atoms with Gasteiger partial charge >= 0.3 is 5.97 Å². The van der Waals surface area contributed by atoms with Crippen LogP contribution in [0.2, 0.25) is 0 Å². The molecule has 3 aliphatic carbocycles. The topological polar surface area (TPSA) is 58.6 Å². The van der Waals surface area contributed by atoms with E-state index in [1.54, 1.807) is 0 Å². The molecule has 29 heavy (non-hydrogen) atoms. The smallest absolute Gasteiger partial charge is 0.328 e. The van der Waals surface area contributed by atoms with E-state index in [9.17, 15) is 9.90 Å². The predicted molar refractivity (Wildman–Crippen MR) is 112 cm³/mol. The van der Waals surface area contributed by atoms with Gasteiger partial charge in [0.1, 0.15) is 17.4 Å². The van der Waals surface area contributed by atoms with Crippen molar-refractivity contribution in [3.05, 3.63) is 29.3 Å². The zero-order chi connectivity index (χ0) is 20.2. The first kappa shape index (κ1) is 19.2. The summed E-state index contributed by atoms with van der Waals surface area (Å²) >= 11 is 0. The number of ether oxygens (including phenoxy) is 1. The zero-order valence-corrected chi connectivity index (χ0v) is 17.2. The lowest BCUT2D eigenvalue weighted by Crippen LogP contribution is -2.50. The van der Waals surface area contributed by atoms with Crippen LogP contribution >= 0.6 is 0 Å². The lowest BCUT2D eigenvalue weighted by molar-refractivity contribution is -0.136. The standard InChI is InChI=1S/C25H31NO3/c1-3-25(28)13-11-21-20-8-6-16-15-17(29-23(27)22-5-4-14-26-22)7-9-18(16)19(20)10-12-24(21,25)2/h1,7,9,15,19-22,26,28H,4-6,8,10-14H2,2H3/t19?,20?,21?,22-,24-,25-/m0/s1. The molecule has 3 fully saturated rings. The number of esters is 1. The van der Waals surface area contributed by atoms with Crippen molar-refractivity contribution < 1.29 is 14.6 Å². The van der Waals surface area contributed by atoms with Gasteiger partial charge in [-0.2, -0.15) is 0 Å². The van der Waals surface area contributed by atoms with Gasteiger partial charge in [-0.05, 0) is 98.9 Å². The molecule has 3 unspecified atom stereocenters. The van der Waals surface area contributed by atoms with Gasteiger partial charge in [0.25, 0.3) is 0 Å². The molecular formula is C25H31NO3. The third-order valence-electron chi connectivity index (χ3n) is 8.65. The van der Waals surface area contributed by atoms with E-state index in [1.165, 1.54) is 11.1 Å². The van der Waals surface area contributed by atoms with Crippen molar-refractivity contribution >= 4 is 5.97 Å². The van der Waals surface area contributed by atoms with Gasteiger partial charge in [0, 0.05) is 5.41 Å². The molecule has 0 radical (unpaired) electrons. The molecule has 1 heterocycles. The molecule has 1 aromatic carbocycles. The van der Waals surface area contributed by atoms with Gasteiger partial charge in [-0.15, -0.1) is 6.42 Å². The summed E-state index contributed by atoms with van der Waals surface area (Å²) < 4.78 is 5.67.